The van der Waals surface area contributed by atoms with Crippen LogP contribution in [0.4, 0.5) is 5.82 Å². The lowest BCUT2D eigenvalue weighted by Gasteiger charge is -2.23. The third kappa shape index (κ3) is 3.82. The Bertz CT molecular complexity index is 1040. The number of carboxylic acids is 1. The lowest BCUT2D eigenvalue weighted by atomic mass is 9.98. The van der Waals surface area contributed by atoms with Crippen LogP contribution in [0, 0.1) is 17.8 Å². The third-order valence-corrected chi connectivity index (χ3v) is 4.94. The topological polar surface area (TPSA) is 133 Å². The molecule has 3 rings (SSSR count). The van der Waals surface area contributed by atoms with Crippen LogP contribution in [-0.2, 0) is 4.79 Å². The van der Waals surface area contributed by atoms with Gasteiger partial charge in [0.05, 0.1) is 12.2 Å². The number of hydrogen-bond donors (Lipinski definition) is 4. The fraction of sp³-hybridized carbons (Fsp3) is 0.333. The summed E-state index contributed by atoms with van der Waals surface area (Å²) in [5, 5.41) is 36.8. The summed E-state index contributed by atoms with van der Waals surface area (Å²) in [6.07, 6.45) is -1.62. The molecule has 0 saturated heterocycles. The standard InChI is InChI=1S/C18H19N5O4S/c1-3-11(18(26)27)14(24)17(25)23-9-20-13-15(19-2)21-12(22-16(13)23)5-4-10-6-7-28-8-10/h6-9,11,14,17,24-25H,3H2,1-2H3,(H,26,27)(H,19,21,22)/t11-,14+,17+/m0/s1. The largest absolute Gasteiger partial charge is 0.481 e. The van der Waals surface area contributed by atoms with Crippen molar-refractivity contribution in [2.75, 3.05) is 12.4 Å². The van der Waals surface area contributed by atoms with Crippen LogP contribution in [0.3, 0.4) is 0 Å². The number of rotatable bonds is 6. The van der Waals surface area contributed by atoms with Gasteiger partial charge in [-0.3, -0.25) is 9.36 Å². The molecule has 0 amide bonds. The number of aromatic nitrogens is 4. The Morgan fingerprint density at radius 3 is 2.75 bits per heavy atom. The number of anilines is 1. The van der Waals surface area contributed by atoms with E-state index < -0.39 is 24.2 Å². The van der Waals surface area contributed by atoms with E-state index in [1.54, 1.807) is 14.0 Å². The van der Waals surface area contributed by atoms with Crippen LogP contribution < -0.4 is 5.32 Å². The Morgan fingerprint density at radius 1 is 1.36 bits per heavy atom. The molecule has 28 heavy (non-hydrogen) atoms. The van der Waals surface area contributed by atoms with Gasteiger partial charge in [0, 0.05) is 18.0 Å². The Kier molecular flexibility index (Phi) is 5.89. The number of aliphatic hydroxyl groups excluding tert-OH is 2. The SMILES string of the molecule is CC[C@H](C(=O)O)[C@@H](O)[C@@H](O)n1cnc2c(NC)nc(C#Cc3ccsc3)nc21. The first-order valence-corrected chi connectivity index (χ1v) is 9.46. The number of carboxylic acid groups (broad SMARTS) is 1. The van der Waals surface area contributed by atoms with E-state index in [0.29, 0.717) is 11.3 Å². The lowest BCUT2D eigenvalue weighted by molar-refractivity contribution is -0.152. The molecule has 9 nitrogen and oxygen atoms in total. The summed E-state index contributed by atoms with van der Waals surface area (Å²) in [5.74, 6) is 4.11. The molecule has 10 heteroatoms. The minimum absolute atomic E-state index is 0.161. The van der Waals surface area contributed by atoms with Gasteiger partial charge in [-0.15, -0.1) is 0 Å². The van der Waals surface area contributed by atoms with Crippen LogP contribution >= 0.6 is 11.3 Å². The molecular weight excluding hydrogens is 382 g/mol. The van der Waals surface area contributed by atoms with E-state index in [1.165, 1.54) is 22.2 Å². The second-order valence-corrected chi connectivity index (χ2v) is 6.77. The molecule has 0 aromatic carbocycles. The molecule has 0 spiro atoms. The number of imidazole rings is 1. The van der Waals surface area contributed by atoms with Gasteiger partial charge in [-0.2, -0.15) is 11.3 Å². The first-order chi connectivity index (χ1) is 13.5. The molecule has 0 bridgehead atoms. The fourth-order valence-corrected chi connectivity index (χ4v) is 3.33. The second-order valence-electron chi connectivity index (χ2n) is 5.99. The van der Waals surface area contributed by atoms with Crippen molar-refractivity contribution in [3.05, 3.63) is 34.5 Å². The van der Waals surface area contributed by atoms with Gasteiger partial charge in [0.15, 0.2) is 23.2 Å². The summed E-state index contributed by atoms with van der Waals surface area (Å²) in [7, 11) is 1.67. The summed E-state index contributed by atoms with van der Waals surface area (Å²) < 4.78 is 1.23. The molecule has 3 aromatic rings. The summed E-state index contributed by atoms with van der Waals surface area (Å²) in [6, 6.07) is 1.87. The highest BCUT2D eigenvalue weighted by molar-refractivity contribution is 7.08. The Hall–Kier alpha value is -3.00. The average molecular weight is 401 g/mol. The molecular formula is C18H19N5O4S. The maximum atomic E-state index is 11.3. The van der Waals surface area contributed by atoms with Crippen LogP contribution in [0.1, 0.15) is 31.0 Å². The zero-order chi connectivity index (χ0) is 20.3. The monoisotopic (exact) mass is 401 g/mol. The van der Waals surface area contributed by atoms with E-state index in [9.17, 15) is 20.1 Å². The predicted molar refractivity (Wildman–Crippen MR) is 104 cm³/mol. The molecule has 0 aliphatic carbocycles. The number of thiophene rings is 1. The number of nitrogens with zero attached hydrogens (tertiary/aromatic N) is 4. The molecule has 0 unspecified atom stereocenters. The van der Waals surface area contributed by atoms with E-state index in [4.69, 9.17) is 0 Å². The number of hydrogen-bond acceptors (Lipinski definition) is 8. The molecule has 3 atom stereocenters. The van der Waals surface area contributed by atoms with Crippen LogP contribution in [0.2, 0.25) is 0 Å². The maximum Gasteiger partial charge on any atom is 0.309 e. The highest BCUT2D eigenvalue weighted by atomic mass is 32.1. The van der Waals surface area contributed by atoms with Crippen LogP contribution in [-0.4, -0.2) is 54.0 Å². The second kappa shape index (κ2) is 8.35. The van der Waals surface area contributed by atoms with E-state index in [1.807, 2.05) is 16.8 Å². The molecule has 4 N–H and O–H groups in total. The lowest BCUT2D eigenvalue weighted by Crippen LogP contribution is -2.35. The molecule has 146 valence electrons. The van der Waals surface area contributed by atoms with Crippen molar-refractivity contribution >= 4 is 34.3 Å². The fourth-order valence-electron chi connectivity index (χ4n) is 2.74. The predicted octanol–water partition coefficient (Wildman–Crippen LogP) is 1.29. The van der Waals surface area contributed by atoms with E-state index >= 15 is 0 Å². The van der Waals surface area contributed by atoms with E-state index in [-0.39, 0.29) is 17.9 Å². The zero-order valence-corrected chi connectivity index (χ0v) is 16.0. The van der Waals surface area contributed by atoms with Gasteiger partial charge in [0.1, 0.15) is 6.10 Å². The molecule has 3 aromatic heterocycles. The Balaban J connectivity index is 2.04. The zero-order valence-electron chi connectivity index (χ0n) is 15.2. The average Bonchev–Trinajstić information content (AvgIpc) is 3.35. The van der Waals surface area contributed by atoms with E-state index in [0.717, 1.165) is 5.56 Å². The highest BCUT2D eigenvalue weighted by Crippen LogP contribution is 2.25. The summed E-state index contributed by atoms with van der Waals surface area (Å²) >= 11 is 1.52. The van der Waals surface area contributed by atoms with Gasteiger partial charge < -0.3 is 20.6 Å². The molecule has 3 heterocycles. The Morgan fingerprint density at radius 2 is 2.14 bits per heavy atom. The molecule has 0 radical (unpaired) electrons. The quantitative estimate of drug-likeness (QED) is 0.454. The van der Waals surface area contributed by atoms with Gasteiger partial charge in [-0.25, -0.2) is 15.0 Å². The van der Waals surface area contributed by atoms with Crippen molar-refractivity contribution in [2.24, 2.45) is 5.92 Å². The van der Waals surface area contributed by atoms with Gasteiger partial charge in [-0.1, -0.05) is 12.8 Å². The number of aliphatic carboxylic acids is 1. The van der Waals surface area contributed by atoms with E-state index in [2.05, 4.69) is 32.1 Å². The van der Waals surface area contributed by atoms with Crippen LogP contribution in [0.5, 0.6) is 0 Å². The van der Waals surface area contributed by atoms with Gasteiger partial charge in [0.2, 0.25) is 5.82 Å². The molecule has 0 fully saturated rings. The van der Waals surface area contributed by atoms with Gasteiger partial charge >= 0.3 is 5.97 Å². The highest BCUT2D eigenvalue weighted by Gasteiger charge is 2.32. The molecule has 0 saturated carbocycles. The first-order valence-electron chi connectivity index (χ1n) is 8.51. The minimum Gasteiger partial charge on any atom is -0.481 e. The first kappa shape index (κ1) is 19.8. The number of carbonyl (C=O) groups is 1. The van der Waals surface area contributed by atoms with Crippen molar-refractivity contribution in [1.82, 2.24) is 19.5 Å². The van der Waals surface area contributed by atoms with Crippen molar-refractivity contribution in [3.8, 4) is 11.8 Å². The molecule has 0 aliphatic rings. The summed E-state index contributed by atoms with van der Waals surface area (Å²) in [5.41, 5.74) is 1.44. The Labute approximate surface area is 164 Å². The van der Waals surface area contributed by atoms with Gasteiger partial charge in [0.25, 0.3) is 0 Å². The molecule has 0 aliphatic heterocycles. The third-order valence-electron chi connectivity index (χ3n) is 4.26. The van der Waals surface area contributed by atoms with Gasteiger partial charge in [-0.05, 0) is 23.8 Å². The maximum absolute atomic E-state index is 11.3. The minimum atomic E-state index is -1.54. The van der Waals surface area contributed by atoms with Crippen molar-refractivity contribution in [3.63, 3.8) is 0 Å². The normalized spacial score (nSPS) is 14.1. The van der Waals surface area contributed by atoms with Crippen LogP contribution in [0.15, 0.2) is 23.2 Å². The summed E-state index contributed by atoms with van der Waals surface area (Å²) in [6.45, 7) is 1.63. The van der Waals surface area contributed by atoms with Crippen LogP contribution in [0.25, 0.3) is 11.2 Å². The van der Waals surface area contributed by atoms with Crippen molar-refractivity contribution in [1.29, 1.82) is 0 Å². The number of nitrogens with one attached hydrogen (secondary N) is 1. The number of fused-ring (bicyclic) bond motifs is 1. The number of aliphatic hydroxyl groups is 2. The summed E-state index contributed by atoms with van der Waals surface area (Å²) in [4.78, 5) is 24.1. The smallest absolute Gasteiger partial charge is 0.309 e. The van der Waals surface area contributed by atoms with Crippen molar-refractivity contribution < 1.29 is 20.1 Å². The van der Waals surface area contributed by atoms with Crippen molar-refractivity contribution in [2.45, 2.75) is 25.7 Å².